The van der Waals surface area contributed by atoms with Gasteiger partial charge in [0, 0.05) is 36.4 Å². The van der Waals surface area contributed by atoms with Gasteiger partial charge < -0.3 is 0 Å². The number of rotatable bonds is 2. The first-order valence-electron chi connectivity index (χ1n) is 18.4. The van der Waals surface area contributed by atoms with Crippen LogP contribution >= 0.6 is 10.4 Å². The highest BCUT2D eigenvalue weighted by atomic mass is 32.3. The third kappa shape index (κ3) is 4.13. The Kier molecular flexibility index (Phi) is 6.89. The zero-order valence-electron chi connectivity index (χ0n) is 31.0. The molecule has 0 amide bonds. The molecule has 3 heteroatoms. The summed E-state index contributed by atoms with van der Waals surface area (Å²) in [6, 6.07) is 50.3. The zero-order valence-corrected chi connectivity index (χ0v) is 31.8. The molecule has 0 aliphatic carbocycles. The normalized spacial score (nSPS) is 14.7. The van der Waals surface area contributed by atoms with Gasteiger partial charge in [-0.25, -0.2) is 0 Å². The van der Waals surface area contributed by atoms with Crippen LogP contribution in [0.3, 0.4) is 0 Å². The quantitative estimate of drug-likeness (QED) is 0.172. The summed E-state index contributed by atoms with van der Waals surface area (Å²) < 4.78 is 5.54. The van der Waals surface area contributed by atoms with Crippen molar-refractivity contribution in [1.82, 2.24) is 7.94 Å². The third-order valence-electron chi connectivity index (χ3n) is 11.0. The molecule has 0 radical (unpaired) electrons. The summed E-state index contributed by atoms with van der Waals surface area (Å²) in [7, 11) is -1.82. The van der Waals surface area contributed by atoms with E-state index in [1.807, 2.05) is 13.8 Å². The van der Waals surface area contributed by atoms with Gasteiger partial charge in [-0.15, -0.1) is 0 Å². The van der Waals surface area contributed by atoms with Gasteiger partial charge in [0.25, 0.3) is 0 Å². The Morgan fingerprint density at radius 3 is 1.55 bits per heavy atom. The topological polar surface area (TPSA) is 9.86 Å². The fraction of sp³-hybridized carbons (Fsp3) is 0.208. The van der Waals surface area contributed by atoms with Crippen LogP contribution in [-0.4, -0.2) is 17.4 Å². The molecule has 51 heavy (non-hydrogen) atoms. The van der Waals surface area contributed by atoms with Crippen molar-refractivity contribution in [3.05, 3.63) is 133 Å². The Bertz CT molecular complexity index is 2820. The SMILES string of the molecule is CC.CC(C)(C)S1(C(C)(C)C)n2c3ccc(-c4ccccc4)cc3c3ccc4ccc5c6cc(-c7cccc8ccccc78)ccc6n1c5c4c32. The maximum absolute atomic E-state index is 2.85. The molecule has 0 saturated heterocycles. The van der Waals surface area contributed by atoms with Gasteiger partial charge in [-0.2, -0.15) is 0 Å². The Balaban J connectivity index is 0.00000171. The molecule has 9 aromatic rings. The molecule has 0 unspecified atom stereocenters. The average molecular weight is 683 g/mol. The first-order valence-corrected chi connectivity index (χ1v) is 20.0. The fourth-order valence-electron chi connectivity index (χ4n) is 9.44. The Morgan fingerprint density at radius 1 is 0.412 bits per heavy atom. The molecule has 7 aromatic carbocycles. The van der Waals surface area contributed by atoms with E-state index in [2.05, 4.69) is 183 Å². The van der Waals surface area contributed by atoms with Gasteiger partial charge in [0.05, 0.1) is 22.1 Å². The lowest BCUT2D eigenvalue weighted by molar-refractivity contribution is 0.687. The summed E-state index contributed by atoms with van der Waals surface area (Å²) in [4.78, 5) is 0. The van der Waals surface area contributed by atoms with Crippen molar-refractivity contribution < 1.29 is 0 Å². The average Bonchev–Trinajstić information content (AvgIpc) is 3.65. The first-order chi connectivity index (χ1) is 24.6. The lowest BCUT2D eigenvalue weighted by Gasteiger charge is -2.62. The number of nitrogens with zero attached hydrogens (tertiary/aromatic N) is 2. The maximum atomic E-state index is 2.85. The molecule has 0 atom stereocenters. The minimum Gasteiger partial charge on any atom is -0.284 e. The van der Waals surface area contributed by atoms with Crippen LogP contribution in [0.5, 0.6) is 0 Å². The van der Waals surface area contributed by atoms with E-state index < -0.39 is 10.4 Å². The maximum Gasteiger partial charge on any atom is 0.0704 e. The second kappa shape index (κ2) is 11.0. The number of benzene rings is 7. The molecule has 254 valence electrons. The summed E-state index contributed by atoms with van der Waals surface area (Å²) in [5.41, 5.74) is 10.5. The van der Waals surface area contributed by atoms with Crippen molar-refractivity contribution in [3.8, 4) is 22.3 Å². The molecule has 1 aliphatic heterocycles. The van der Waals surface area contributed by atoms with Crippen LogP contribution < -0.4 is 0 Å². The predicted octanol–water partition coefficient (Wildman–Crippen LogP) is 14.5. The summed E-state index contributed by atoms with van der Waals surface area (Å²) >= 11 is 0. The molecule has 0 fully saturated rings. The van der Waals surface area contributed by atoms with Crippen molar-refractivity contribution in [2.24, 2.45) is 0 Å². The highest BCUT2D eigenvalue weighted by molar-refractivity contribution is 8.33. The minimum absolute atomic E-state index is 0.0783. The van der Waals surface area contributed by atoms with Gasteiger partial charge in [-0.3, -0.25) is 7.94 Å². The molecule has 2 nitrogen and oxygen atoms in total. The molecular weight excluding hydrogens is 637 g/mol. The van der Waals surface area contributed by atoms with Crippen LogP contribution in [0.4, 0.5) is 0 Å². The highest BCUT2D eigenvalue weighted by Gasteiger charge is 2.53. The smallest absolute Gasteiger partial charge is 0.0704 e. The number of hydrogen-bond acceptors (Lipinski definition) is 0. The van der Waals surface area contributed by atoms with Crippen molar-refractivity contribution >= 4 is 75.6 Å². The molecule has 10 rings (SSSR count). The Labute approximate surface area is 302 Å². The molecule has 3 heterocycles. The second-order valence-corrected chi connectivity index (χ2v) is 20.0. The number of hydrogen-bond donors (Lipinski definition) is 0. The van der Waals surface area contributed by atoms with Gasteiger partial charge >= 0.3 is 0 Å². The van der Waals surface area contributed by atoms with E-state index in [-0.39, 0.29) is 9.49 Å². The van der Waals surface area contributed by atoms with Gasteiger partial charge in [-0.1, -0.05) is 133 Å². The van der Waals surface area contributed by atoms with Crippen molar-refractivity contribution in [2.75, 3.05) is 0 Å². The van der Waals surface area contributed by atoms with Crippen LogP contribution in [0.15, 0.2) is 133 Å². The third-order valence-corrected chi connectivity index (χ3v) is 16.2. The molecule has 0 N–H and O–H groups in total. The molecular formula is C48H46N2S. The standard InChI is InChI=1S/C46H40N2S.C2H6/c1-45(2,3)49(46(4,5)6)47-40-25-21-32(29-13-8-7-9-14-29)27-38(40)36-23-19-31-20-24-37-39-28-33(35-18-12-16-30-15-10-11-17-34(30)35)22-26-41(39)48(49)44(37)42(31)43(36)47;1-2/h7-28H,1-6H3;1-2H3. The highest BCUT2D eigenvalue weighted by Crippen LogP contribution is 2.74. The molecule has 0 bridgehead atoms. The monoisotopic (exact) mass is 682 g/mol. The van der Waals surface area contributed by atoms with Gasteiger partial charge in [0.2, 0.25) is 0 Å². The van der Waals surface area contributed by atoms with E-state index in [1.54, 1.807) is 0 Å². The second-order valence-electron chi connectivity index (χ2n) is 15.7. The van der Waals surface area contributed by atoms with Gasteiger partial charge in [0.15, 0.2) is 0 Å². The van der Waals surface area contributed by atoms with E-state index in [9.17, 15) is 0 Å². The summed E-state index contributed by atoms with van der Waals surface area (Å²) in [5.74, 6) is 0. The summed E-state index contributed by atoms with van der Waals surface area (Å²) in [6.07, 6.45) is 0. The first kappa shape index (κ1) is 32.0. The van der Waals surface area contributed by atoms with Crippen LogP contribution in [-0.2, 0) is 0 Å². The van der Waals surface area contributed by atoms with Crippen LogP contribution in [0, 0.1) is 0 Å². The number of fused-ring (bicyclic) bond motifs is 7. The van der Waals surface area contributed by atoms with Gasteiger partial charge in [-0.05, 0) is 104 Å². The van der Waals surface area contributed by atoms with Crippen LogP contribution in [0.1, 0.15) is 55.4 Å². The summed E-state index contributed by atoms with van der Waals surface area (Å²) in [5, 5.41) is 10.6. The molecule has 1 aliphatic rings. The van der Waals surface area contributed by atoms with Crippen molar-refractivity contribution in [1.29, 1.82) is 0 Å². The molecule has 0 spiro atoms. The Hall–Kier alpha value is -4.99. The van der Waals surface area contributed by atoms with E-state index in [0.717, 1.165) is 0 Å². The number of aromatic nitrogens is 2. The minimum atomic E-state index is -1.82. The van der Waals surface area contributed by atoms with Crippen molar-refractivity contribution in [2.45, 2.75) is 64.9 Å². The van der Waals surface area contributed by atoms with Crippen LogP contribution in [0.2, 0.25) is 0 Å². The largest absolute Gasteiger partial charge is 0.284 e. The van der Waals surface area contributed by atoms with Gasteiger partial charge in [0.1, 0.15) is 0 Å². The van der Waals surface area contributed by atoms with E-state index in [4.69, 9.17) is 0 Å². The predicted molar refractivity (Wildman–Crippen MR) is 228 cm³/mol. The van der Waals surface area contributed by atoms with Crippen molar-refractivity contribution in [3.63, 3.8) is 0 Å². The van der Waals surface area contributed by atoms with E-state index in [1.165, 1.54) is 87.4 Å². The Morgan fingerprint density at radius 2 is 0.941 bits per heavy atom. The van der Waals surface area contributed by atoms with E-state index >= 15 is 0 Å². The lowest BCUT2D eigenvalue weighted by Crippen LogP contribution is -2.47. The zero-order chi connectivity index (χ0) is 35.4. The lowest BCUT2D eigenvalue weighted by atomic mass is 9.96. The van der Waals surface area contributed by atoms with Crippen LogP contribution in [0.25, 0.3) is 87.4 Å². The fourth-order valence-corrected chi connectivity index (χ4v) is 15.4. The molecule has 0 saturated carbocycles. The van der Waals surface area contributed by atoms with E-state index in [0.29, 0.717) is 0 Å². The molecule has 2 aromatic heterocycles. The summed E-state index contributed by atoms with van der Waals surface area (Å²) in [6.45, 7) is 18.9.